The summed E-state index contributed by atoms with van der Waals surface area (Å²) in [6.07, 6.45) is 7.33. The summed E-state index contributed by atoms with van der Waals surface area (Å²) in [4.78, 5) is 6.62. The first-order chi connectivity index (χ1) is 9.81. The van der Waals surface area contributed by atoms with Crippen LogP contribution in [0.15, 0.2) is 18.5 Å². The van der Waals surface area contributed by atoms with Crippen molar-refractivity contribution >= 4 is 10.9 Å². The molecule has 4 heteroatoms. The van der Waals surface area contributed by atoms with Crippen LogP contribution in [0.3, 0.4) is 0 Å². The van der Waals surface area contributed by atoms with E-state index >= 15 is 0 Å². The summed E-state index contributed by atoms with van der Waals surface area (Å²) in [6, 6.07) is 2.13. The molecular formula is C16H23N3O. The number of pyridine rings is 1. The molecule has 0 atom stereocenters. The van der Waals surface area contributed by atoms with Crippen molar-refractivity contribution in [2.75, 3.05) is 26.7 Å². The molecule has 1 aliphatic heterocycles. The molecule has 0 N–H and O–H groups in total. The topological polar surface area (TPSA) is 30.3 Å². The zero-order valence-electron chi connectivity index (χ0n) is 12.4. The van der Waals surface area contributed by atoms with E-state index in [9.17, 15) is 0 Å². The molecule has 0 amide bonds. The molecule has 108 valence electrons. The van der Waals surface area contributed by atoms with Crippen molar-refractivity contribution in [3.8, 4) is 5.88 Å². The van der Waals surface area contributed by atoms with E-state index in [0.29, 0.717) is 0 Å². The fourth-order valence-corrected chi connectivity index (χ4v) is 2.87. The van der Waals surface area contributed by atoms with Gasteiger partial charge >= 0.3 is 0 Å². The largest absolute Gasteiger partial charge is 0.479 e. The van der Waals surface area contributed by atoms with E-state index in [1.54, 1.807) is 0 Å². The van der Waals surface area contributed by atoms with E-state index in [2.05, 4.69) is 34.5 Å². The summed E-state index contributed by atoms with van der Waals surface area (Å²) >= 11 is 0. The number of rotatable bonds is 4. The SMILES string of the molecule is CCN(C)CCn1c2c(c3ccncc31)CCCCO2. The number of aryl methyl sites for hydroxylation is 1. The van der Waals surface area contributed by atoms with E-state index in [-0.39, 0.29) is 0 Å². The summed E-state index contributed by atoms with van der Waals surface area (Å²) in [5.74, 6) is 1.08. The van der Waals surface area contributed by atoms with Crippen molar-refractivity contribution < 1.29 is 4.74 Å². The molecule has 0 bridgehead atoms. The number of hydrogen-bond donors (Lipinski definition) is 0. The van der Waals surface area contributed by atoms with Gasteiger partial charge in [-0.15, -0.1) is 0 Å². The van der Waals surface area contributed by atoms with Crippen molar-refractivity contribution in [1.29, 1.82) is 0 Å². The number of fused-ring (bicyclic) bond motifs is 3. The van der Waals surface area contributed by atoms with Gasteiger partial charge in [0, 0.05) is 30.2 Å². The van der Waals surface area contributed by atoms with E-state index in [1.165, 1.54) is 22.9 Å². The highest BCUT2D eigenvalue weighted by molar-refractivity contribution is 5.86. The number of aromatic nitrogens is 2. The molecule has 2 aromatic heterocycles. The Morgan fingerprint density at radius 3 is 3.15 bits per heavy atom. The molecule has 4 nitrogen and oxygen atoms in total. The Balaban J connectivity index is 2.02. The smallest absolute Gasteiger partial charge is 0.197 e. The normalized spacial score (nSPS) is 15.2. The van der Waals surface area contributed by atoms with E-state index in [4.69, 9.17) is 4.74 Å². The van der Waals surface area contributed by atoms with Crippen LogP contribution in [-0.2, 0) is 13.0 Å². The molecule has 0 spiro atoms. The van der Waals surface area contributed by atoms with E-state index < -0.39 is 0 Å². The van der Waals surface area contributed by atoms with Gasteiger partial charge in [0.25, 0.3) is 0 Å². The molecule has 1 aliphatic rings. The first-order valence-corrected chi connectivity index (χ1v) is 7.57. The molecule has 2 aromatic rings. The maximum Gasteiger partial charge on any atom is 0.197 e. The standard InChI is InChI=1S/C16H23N3O/c1-3-18(2)9-10-19-15-12-17-8-7-13(15)14-6-4-5-11-20-16(14)19/h7-8,12H,3-6,9-11H2,1-2H3. The van der Waals surface area contributed by atoms with Crippen LogP contribution in [0.25, 0.3) is 10.9 Å². The van der Waals surface area contributed by atoms with Gasteiger partial charge < -0.3 is 14.2 Å². The fraction of sp³-hybridized carbons (Fsp3) is 0.562. The molecule has 3 rings (SSSR count). The zero-order valence-corrected chi connectivity index (χ0v) is 12.4. The average Bonchev–Trinajstić information content (AvgIpc) is 2.65. The minimum atomic E-state index is 0.834. The quantitative estimate of drug-likeness (QED) is 0.858. The molecule has 0 fully saturated rings. The van der Waals surface area contributed by atoms with Gasteiger partial charge in [-0.25, -0.2) is 0 Å². The first-order valence-electron chi connectivity index (χ1n) is 7.57. The second kappa shape index (κ2) is 5.83. The third kappa shape index (κ3) is 2.40. The van der Waals surface area contributed by atoms with Gasteiger partial charge in [-0.3, -0.25) is 4.98 Å². The number of likely N-dealkylation sites (N-methyl/N-ethyl adjacent to an activating group) is 1. The van der Waals surface area contributed by atoms with Crippen molar-refractivity contribution in [2.45, 2.75) is 32.7 Å². The van der Waals surface area contributed by atoms with Gasteiger partial charge in [-0.2, -0.15) is 0 Å². The Morgan fingerprint density at radius 2 is 2.30 bits per heavy atom. The van der Waals surface area contributed by atoms with Crippen LogP contribution in [-0.4, -0.2) is 41.2 Å². The summed E-state index contributed by atoms with van der Waals surface area (Å²) in [7, 11) is 2.16. The maximum absolute atomic E-state index is 6.05. The number of ether oxygens (including phenoxy) is 1. The Labute approximate surface area is 120 Å². The van der Waals surface area contributed by atoms with Gasteiger partial charge in [0.2, 0.25) is 0 Å². The van der Waals surface area contributed by atoms with Gasteiger partial charge in [0.05, 0.1) is 18.3 Å². The van der Waals surface area contributed by atoms with E-state index in [1.807, 2.05) is 12.4 Å². The third-order valence-electron chi connectivity index (χ3n) is 4.22. The van der Waals surface area contributed by atoms with Crippen LogP contribution in [0.1, 0.15) is 25.3 Å². The molecule has 0 unspecified atom stereocenters. The van der Waals surface area contributed by atoms with Gasteiger partial charge in [-0.05, 0) is 38.9 Å². The van der Waals surface area contributed by atoms with Crippen LogP contribution < -0.4 is 4.74 Å². The average molecular weight is 273 g/mol. The lowest BCUT2D eigenvalue weighted by atomic mass is 10.1. The number of hydrogen-bond acceptors (Lipinski definition) is 3. The highest BCUT2D eigenvalue weighted by atomic mass is 16.5. The lowest BCUT2D eigenvalue weighted by Gasteiger charge is -2.16. The monoisotopic (exact) mass is 273 g/mol. The van der Waals surface area contributed by atoms with Crippen LogP contribution in [0.4, 0.5) is 0 Å². The predicted octanol–water partition coefficient (Wildman–Crippen LogP) is 2.70. The van der Waals surface area contributed by atoms with Crippen molar-refractivity contribution in [2.24, 2.45) is 0 Å². The molecule has 0 saturated carbocycles. The maximum atomic E-state index is 6.05. The Bertz CT molecular complexity index is 591. The summed E-state index contributed by atoms with van der Waals surface area (Å²) < 4.78 is 8.36. The second-order valence-corrected chi connectivity index (χ2v) is 5.53. The van der Waals surface area contributed by atoms with Crippen LogP contribution >= 0.6 is 0 Å². The molecule has 0 radical (unpaired) electrons. The Kier molecular flexibility index (Phi) is 3.92. The molecular weight excluding hydrogens is 250 g/mol. The highest BCUT2D eigenvalue weighted by Gasteiger charge is 2.20. The third-order valence-corrected chi connectivity index (χ3v) is 4.22. The van der Waals surface area contributed by atoms with Crippen LogP contribution in [0, 0.1) is 0 Å². The molecule has 0 aliphatic carbocycles. The Morgan fingerprint density at radius 1 is 1.40 bits per heavy atom. The highest BCUT2D eigenvalue weighted by Crippen LogP contribution is 2.34. The van der Waals surface area contributed by atoms with Gasteiger partial charge in [-0.1, -0.05) is 6.92 Å². The van der Waals surface area contributed by atoms with Crippen molar-refractivity contribution in [3.05, 3.63) is 24.0 Å². The first kappa shape index (κ1) is 13.4. The van der Waals surface area contributed by atoms with Crippen molar-refractivity contribution in [3.63, 3.8) is 0 Å². The molecule has 20 heavy (non-hydrogen) atoms. The van der Waals surface area contributed by atoms with Crippen LogP contribution in [0.5, 0.6) is 5.88 Å². The summed E-state index contributed by atoms with van der Waals surface area (Å²) in [5, 5.41) is 1.32. The van der Waals surface area contributed by atoms with Crippen molar-refractivity contribution in [1.82, 2.24) is 14.5 Å². The second-order valence-electron chi connectivity index (χ2n) is 5.53. The van der Waals surface area contributed by atoms with Crippen LogP contribution in [0.2, 0.25) is 0 Å². The fourth-order valence-electron chi connectivity index (χ4n) is 2.87. The minimum Gasteiger partial charge on any atom is -0.479 e. The molecule has 3 heterocycles. The Hall–Kier alpha value is -1.55. The number of nitrogens with zero attached hydrogens (tertiary/aromatic N) is 3. The summed E-state index contributed by atoms with van der Waals surface area (Å²) in [6.45, 7) is 6.08. The van der Waals surface area contributed by atoms with Gasteiger partial charge in [0.15, 0.2) is 5.88 Å². The minimum absolute atomic E-state index is 0.834. The lowest BCUT2D eigenvalue weighted by Crippen LogP contribution is -2.23. The lowest BCUT2D eigenvalue weighted by molar-refractivity contribution is 0.278. The summed E-state index contributed by atoms with van der Waals surface area (Å²) in [5.41, 5.74) is 2.59. The van der Waals surface area contributed by atoms with E-state index in [0.717, 1.165) is 45.0 Å². The predicted molar refractivity (Wildman–Crippen MR) is 81.3 cm³/mol. The zero-order chi connectivity index (χ0) is 13.9. The molecule has 0 saturated heterocycles. The molecule has 0 aromatic carbocycles. The van der Waals surface area contributed by atoms with Gasteiger partial charge in [0.1, 0.15) is 0 Å².